The zero-order valence-corrected chi connectivity index (χ0v) is 30.3. The van der Waals surface area contributed by atoms with Gasteiger partial charge in [-0.05, 0) is 74.1 Å². The van der Waals surface area contributed by atoms with Crippen LogP contribution in [0.5, 0.6) is 0 Å². The van der Waals surface area contributed by atoms with Crippen molar-refractivity contribution in [1.29, 1.82) is 0 Å². The number of unbranched alkanes of at least 4 members (excludes halogenated alkanes) is 1. The quantitative estimate of drug-likeness (QED) is 0.128. The lowest BCUT2D eigenvalue weighted by Gasteiger charge is -2.28. The first-order valence-corrected chi connectivity index (χ1v) is 18.7. The Morgan fingerprint density at radius 3 is 2.25 bits per heavy atom. The average Bonchev–Trinajstić information content (AvgIpc) is 3.71. The lowest BCUT2D eigenvalue weighted by atomic mass is 9.86. The standard InChI is InChI=1S/C37H57N5O5S/c1-6-28(43)18-27(21-33-40-29-15-14-25(23(4)5)20-32(29)48-33)37(47)42-34(24-11-7-8-12-24)31(44)19-26(13-9-10-16-38)36(46)41-30(35(39)45)17-22(2)3/h14-15,20,22-24,26-27,30,34H,6-13,16-19,21,38H2,1-5H3,(H2,39,45)(H,41,46)(H,42,47)/t26-,27+,30+,34+/m1/s1. The first kappa shape index (κ1) is 39.3. The van der Waals surface area contributed by atoms with Gasteiger partial charge < -0.3 is 22.1 Å². The van der Waals surface area contributed by atoms with Crippen LogP contribution in [0, 0.1) is 23.7 Å². The van der Waals surface area contributed by atoms with Crippen LogP contribution in [-0.2, 0) is 30.4 Å². The fourth-order valence-electron chi connectivity index (χ4n) is 6.58. The maximum absolute atomic E-state index is 14.1. The van der Waals surface area contributed by atoms with Crippen molar-refractivity contribution in [3.63, 3.8) is 0 Å². The molecule has 11 heteroatoms. The number of nitrogens with two attached hydrogens (primary N) is 2. The normalized spacial score (nSPS) is 16.2. The largest absolute Gasteiger partial charge is 0.368 e. The fourth-order valence-corrected chi connectivity index (χ4v) is 7.68. The number of hydrogen-bond donors (Lipinski definition) is 4. The molecule has 1 saturated carbocycles. The van der Waals surface area contributed by atoms with Gasteiger partial charge in [-0.15, -0.1) is 11.3 Å². The van der Waals surface area contributed by atoms with E-state index < -0.39 is 29.8 Å². The molecule has 1 aliphatic carbocycles. The number of nitrogens with zero attached hydrogens (tertiary/aromatic N) is 1. The van der Waals surface area contributed by atoms with E-state index >= 15 is 0 Å². The van der Waals surface area contributed by atoms with E-state index in [2.05, 4.69) is 36.6 Å². The summed E-state index contributed by atoms with van der Waals surface area (Å²) in [4.78, 5) is 71.2. The number of benzene rings is 1. The summed E-state index contributed by atoms with van der Waals surface area (Å²) in [6.45, 7) is 10.4. The molecule has 1 aliphatic rings. The van der Waals surface area contributed by atoms with Crippen molar-refractivity contribution in [3.8, 4) is 0 Å². The molecule has 0 aliphatic heterocycles. The van der Waals surface area contributed by atoms with Crippen molar-refractivity contribution in [3.05, 3.63) is 28.8 Å². The monoisotopic (exact) mass is 683 g/mol. The van der Waals surface area contributed by atoms with Crippen LogP contribution in [0.2, 0.25) is 0 Å². The molecule has 2 aromatic rings. The summed E-state index contributed by atoms with van der Waals surface area (Å²) in [5, 5.41) is 6.65. The molecule has 0 radical (unpaired) electrons. The Hall–Kier alpha value is -3.18. The molecule has 1 heterocycles. The van der Waals surface area contributed by atoms with Crippen molar-refractivity contribution in [2.45, 2.75) is 130 Å². The number of carbonyl (C=O) groups is 5. The number of fused-ring (bicyclic) bond motifs is 1. The van der Waals surface area contributed by atoms with Gasteiger partial charge in [0.2, 0.25) is 17.7 Å². The van der Waals surface area contributed by atoms with Crippen LogP contribution in [0.3, 0.4) is 0 Å². The van der Waals surface area contributed by atoms with Gasteiger partial charge in [0, 0.05) is 31.6 Å². The smallest absolute Gasteiger partial charge is 0.240 e. The zero-order chi connectivity index (χ0) is 35.4. The van der Waals surface area contributed by atoms with Gasteiger partial charge >= 0.3 is 0 Å². The van der Waals surface area contributed by atoms with Crippen LogP contribution in [0.15, 0.2) is 18.2 Å². The molecule has 0 spiro atoms. The Labute approximate surface area is 290 Å². The summed E-state index contributed by atoms with van der Waals surface area (Å²) < 4.78 is 1.04. The Bertz CT molecular complexity index is 1400. The summed E-state index contributed by atoms with van der Waals surface area (Å²) in [6, 6.07) is 4.61. The number of amides is 3. The number of primary amides is 1. The summed E-state index contributed by atoms with van der Waals surface area (Å²) in [7, 11) is 0. The van der Waals surface area contributed by atoms with Crippen LogP contribution >= 0.6 is 11.3 Å². The molecule has 10 nitrogen and oxygen atoms in total. The summed E-state index contributed by atoms with van der Waals surface area (Å²) in [5.74, 6) is -2.45. The molecule has 3 amide bonds. The minimum absolute atomic E-state index is 0.0239. The van der Waals surface area contributed by atoms with Gasteiger partial charge in [-0.25, -0.2) is 4.98 Å². The highest BCUT2D eigenvalue weighted by Crippen LogP contribution is 2.32. The molecule has 0 unspecified atom stereocenters. The first-order chi connectivity index (χ1) is 22.8. The number of ketones is 2. The molecular weight excluding hydrogens is 627 g/mol. The van der Waals surface area contributed by atoms with Crippen molar-refractivity contribution < 1.29 is 24.0 Å². The minimum Gasteiger partial charge on any atom is -0.368 e. The van der Waals surface area contributed by atoms with E-state index in [1.807, 2.05) is 19.9 Å². The van der Waals surface area contributed by atoms with Crippen LogP contribution in [0.25, 0.3) is 10.2 Å². The number of aromatic nitrogens is 1. The summed E-state index contributed by atoms with van der Waals surface area (Å²) >= 11 is 1.54. The highest BCUT2D eigenvalue weighted by atomic mass is 32.1. The number of Topliss-reactive ketones (excluding diaryl/α,β-unsaturated/α-hetero) is 2. The summed E-state index contributed by atoms with van der Waals surface area (Å²) in [6.07, 6.45) is 6.30. The van der Waals surface area contributed by atoms with Crippen molar-refractivity contribution >= 4 is 50.8 Å². The predicted molar refractivity (Wildman–Crippen MR) is 191 cm³/mol. The molecule has 3 rings (SSSR count). The zero-order valence-electron chi connectivity index (χ0n) is 29.5. The van der Waals surface area contributed by atoms with Crippen molar-refractivity contribution in [1.82, 2.24) is 15.6 Å². The van der Waals surface area contributed by atoms with Crippen LogP contribution in [0.1, 0.15) is 122 Å². The Morgan fingerprint density at radius 1 is 0.958 bits per heavy atom. The van der Waals surface area contributed by atoms with E-state index in [1.54, 1.807) is 6.92 Å². The van der Waals surface area contributed by atoms with Gasteiger partial charge in [-0.2, -0.15) is 0 Å². The van der Waals surface area contributed by atoms with E-state index in [1.165, 1.54) is 16.9 Å². The molecular formula is C37H57N5O5S. The third-order valence-corrected chi connectivity index (χ3v) is 10.5. The molecule has 6 N–H and O–H groups in total. The van der Waals surface area contributed by atoms with E-state index in [4.69, 9.17) is 16.5 Å². The van der Waals surface area contributed by atoms with Gasteiger partial charge in [0.25, 0.3) is 0 Å². The molecule has 266 valence electrons. The van der Waals surface area contributed by atoms with Crippen molar-refractivity contribution in [2.75, 3.05) is 6.54 Å². The predicted octanol–water partition coefficient (Wildman–Crippen LogP) is 5.34. The van der Waals surface area contributed by atoms with E-state index in [0.29, 0.717) is 51.0 Å². The lowest BCUT2D eigenvalue weighted by Crippen LogP contribution is -2.50. The average molecular weight is 684 g/mol. The third kappa shape index (κ3) is 11.8. The number of nitrogens with one attached hydrogen (secondary N) is 2. The SMILES string of the molecule is CCC(=O)C[C@@H](Cc1nc2ccc(C(C)C)cc2s1)C(=O)N[C@H](C(=O)C[C@@H](CCCCN)C(=O)N[C@@H](CC(C)C)C(N)=O)C1CCCC1. The summed E-state index contributed by atoms with van der Waals surface area (Å²) in [5.41, 5.74) is 13.4. The Balaban J connectivity index is 1.83. The van der Waals surface area contributed by atoms with Crippen LogP contribution in [-0.4, -0.2) is 52.9 Å². The Morgan fingerprint density at radius 2 is 1.65 bits per heavy atom. The molecule has 0 saturated heterocycles. The maximum atomic E-state index is 14.1. The molecule has 48 heavy (non-hydrogen) atoms. The van der Waals surface area contributed by atoms with E-state index in [0.717, 1.165) is 40.9 Å². The molecule has 1 fully saturated rings. The van der Waals surface area contributed by atoms with Crippen LogP contribution < -0.4 is 22.1 Å². The van der Waals surface area contributed by atoms with Gasteiger partial charge in [0.1, 0.15) is 11.8 Å². The minimum atomic E-state index is -0.828. The molecule has 4 atom stereocenters. The van der Waals surface area contributed by atoms with Gasteiger partial charge in [0.15, 0.2) is 5.78 Å². The molecule has 1 aromatic carbocycles. The van der Waals surface area contributed by atoms with Gasteiger partial charge in [0.05, 0.1) is 27.2 Å². The molecule has 0 bridgehead atoms. The van der Waals surface area contributed by atoms with E-state index in [-0.39, 0.29) is 48.1 Å². The second kappa shape index (κ2) is 19.1. The highest BCUT2D eigenvalue weighted by molar-refractivity contribution is 7.18. The second-order valence-corrected chi connectivity index (χ2v) is 15.4. The first-order valence-electron chi connectivity index (χ1n) is 17.9. The third-order valence-electron chi connectivity index (χ3n) is 9.49. The number of hydrogen-bond acceptors (Lipinski definition) is 8. The maximum Gasteiger partial charge on any atom is 0.240 e. The second-order valence-electron chi connectivity index (χ2n) is 14.3. The van der Waals surface area contributed by atoms with Gasteiger partial charge in [-0.3, -0.25) is 24.0 Å². The van der Waals surface area contributed by atoms with Crippen molar-refractivity contribution in [2.24, 2.45) is 35.1 Å². The number of thiazole rings is 1. The number of carbonyl (C=O) groups excluding carboxylic acids is 5. The molecule has 1 aromatic heterocycles. The highest BCUT2D eigenvalue weighted by Gasteiger charge is 2.36. The fraction of sp³-hybridized carbons (Fsp3) is 0.676. The van der Waals surface area contributed by atoms with Gasteiger partial charge in [-0.1, -0.05) is 59.9 Å². The Kier molecular flexibility index (Phi) is 15.6. The number of rotatable bonds is 21. The topological polar surface area (TPSA) is 174 Å². The lowest BCUT2D eigenvalue weighted by molar-refractivity contribution is -0.135. The van der Waals surface area contributed by atoms with E-state index in [9.17, 15) is 24.0 Å². The van der Waals surface area contributed by atoms with Crippen LogP contribution in [0.4, 0.5) is 0 Å².